The van der Waals surface area contributed by atoms with E-state index in [0.29, 0.717) is 12.2 Å². The lowest BCUT2D eigenvalue weighted by molar-refractivity contribution is 0.100. The van der Waals surface area contributed by atoms with Gasteiger partial charge in [0, 0.05) is 5.56 Å². The van der Waals surface area contributed by atoms with Crippen LogP contribution in [0.25, 0.3) is 0 Å². The maximum Gasteiger partial charge on any atom is 0.176 e. The fraction of sp³-hybridized carbons (Fsp3) is 0.364. The Morgan fingerprint density at radius 3 is 2.71 bits per heavy atom. The van der Waals surface area contributed by atoms with Crippen molar-refractivity contribution in [2.45, 2.75) is 13.8 Å². The van der Waals surface area contributed by atoms with Gasteiger partial charge in [-0.05, 0) is 37.6 Å². The Morgan fingerprint density at radius 2 is 2.21 bits per heavy atom. The largest absolute Gasteiger partial charge is 0.494 e. The van der Waals surface area contributed by atoms with Crippen molar-refractivity contribution >= 4 is 5.78 Å². The number of aryl methyl sites for hydroxylation is 1. The average Bonchev–Trinajstić information content (AvgIpc) is 2.17. The Kier molecular flexibility index (Phi) is 3.65. The van der Waals surface area contributed by atoms with Crippen molar-refractivity contribution in [1.82, 2.24) is 0 Å². The van der Waals surface area contributed by atoms with Gasteiger partial charge in [0.25, 0.3) is 0 Å². The maximum absolute atomic E-state index is 11.3. The van der Waals surface area contributed by atoms with Crippen LogP contribution in [0.15, 0.2) is 18.2 Å². The zero-order valence-electron chi connectivity index (χ0n) is 8.54. The third-order valence-electron chi connectivity index (χ3n) is 1.99. The molecule has 0 unspecified atom stereocenters. The second-order valence-corrected chi connectivity index (χ2v) is 3.04. The molecule has 3 heteroatoms. The zero-order valence-corrected chi connectivity index (χ0v) is 8.54. The summed E-state index contributed by atoms with van der Waals surface area (Å²) in [5.41, 5.74) is 6.87. The minimum atomic E-state index is -0.0365. The molecule has 0 amide bonds. The number of ether oxygens (including phenoxy) is 1. The molecule has 0 aliphatic rings. The summed E-state index contributed by atoms with van der Waals surface area (Å²) in [4.78, 5) is 11.3. The molecule has 0 spiro atoms. The van der Waals surface area contributed by atoms with Gasteiger partial charge in [-0.1, -0.05) is 0 Å². The van der Waals surface area contributed by atoms with E-state index < -0.39 is 0 Å². The molecular formula is C11H15NO2. The van der Waals surface area contributed by atoms with Crippen molar-refractivity contribution in [2.75, 3.05) is 13.2 Å². The Balaban J connectivity index is 2.95. The minimum Gasteiger partial charge on any atom is -0.494 e. The van der Waals surface area contributed by atoms with Gasteiger partial charge in [0.1, 0.15) is 5.75 Å². The second kappa shape index (κ2) is 4.77. The third kappa shape index (κ3) is 2.33. The summed E-state index contributed by atoms with van der Waals surface area (Å²) >= 11 is 0. The topological polar surface area (TPSA) is 52.3 Å². The highest BCUT2D eigenvalue weighted by molar-refractivity contribution is 5.98. The second-order valence-electron chi connectivity index (χ2n) is 3.04. The van der Waals surface area contributed by atoms with Crippen molar-refractivity contribution < 1.29 is 9.53 Å². The average molecular weight is 193 g/mol. The van der Waals surface area contributed by atoms with E-state index in [2.05, 4.69) is 0 Å². The van der Waals surface area contributed by atoms with Crippen LogP contribution in [-0.2, 0) is 0 Å². The fourth-order valence-electron chi connectivity index (χ4n) is 1.32. The van der Waals surface area contributed by atoms with Crippen molar-refractivity contribution in [2.24, 2.45) is 5.73 Å². The molecule has 0 aromatic heterocycles. The molecule has 0 bridgehead atoms. The molecule has 0 aliphatic heterocycles. The smallest absolute Gasteiger partial charge is 0.176 e. The standard InChI is InChI=1S/C11H15NO2/c1-3-14-9-4-5-10(8(2)6-9)11(13)7-12/h4-6H,3,7,12H2,1-2H3. The van der Waals surface area contributed by atoms with Crippen LogP contribution in [0.2, 0.25) is 0 Å². The molecule has 0 heterocycles. The first kappa shape index (κ1) is 10.7. The van der Waals surface area contributed by atoms with Crippen molar-refractivity contribution in [3.63, 3.8) is 0 Å². The van der Waals surface area contributed by atoms with E-state index in [4.69, 9.17) is 10.5 Å². The molecule has 0 fully saturated rings. The van der Waals surface area contributed by atoms with Crippen molar-refractivity contribution in [3.05, 3.63) is 29.3 Å². The molecule has 76 valence electrons. The van der Waals surface area contributed by atoms with Crippen molar-refractivity contribution in [1.29, 1.82) is 0 Å². The number of benzene rings is 1. The summed E-state index contributed by atoms with van der Waals surface area (Å²) in [5, 5.41) is 0. The number of Topliss-reactive ketones (excluding diaryl/α,β-unsaturated/α-hetero) is 1. The van der Waals surface area contributed by atoms with Crippen LogP contribution in [-0.4, -0.2) is 18.9 Å². The molecule has 1 aromatic rings. The number of ketones is 1. The van der Waals surface area contributed by atoms with Crippen LogP contribution in [0.1, 0.15) is 22.8 Å². The first-order valence-electron chi connectivity index (χ1n) is 4.65. The normalized spacial score (nSPS) is 9.93. The van der Waals surface area contributed by atoms with Gasteiger partial charge < -0.3 is 10.5 Å². The number of nitrogens with two attached hydrogens (primary N) is 1. The van der Waals surface area contributed by atoms with E-state index in [1.807, 2.05) is 19.9 Å². The third-order valence-corrected chi connectivity index (χ3v) is 1.99. The van der Waals surface area contributed by atoms with E-state index in [1.165, 1.54) is 0 Å². The fourth-order valence-corrected chi connectivity index (χ4v) is 1.32. The number of carbonyl (C=O) groups is 1. The van der Waals surface area contributed by atoms with Crippen LogP contribution in [0.5, 0.6) is 5.75 Å². The van der Waals surface area contributed by atoms with E-state index in [9.17, 15) is 4.79 Å². The van der Waals surface area contributed by atoms with Crippen molar-refractivity contribution in [3.8, 4) is 5.75 Å². The first-order chi connectivity index (χ1) is 6.69. The van der Waals surface area contributed by atoms with E-state index in [-0.39, 0.29) is 12.3 Å². The van der Waals surface area contributed by atoms with Gasteiger partial charge in [0.2, 0.25) is 0 Å². The zero-order chi connectivity index (χ0) is 10.6. The van der Waals surface area contributed by atoms with Crippen LogP contribution in [0.4, 0.5) is 0 Å². The predicted octanol–water partition coefficient (Wildman–Crippen LogP) is 1.54. The first-order valence-corrected chi connectivity index (χ1v) is 4.65. The lowest BCUT2D eigenvalue weighted by atomic mass is 10.0. The van der Waals surface area contributed by atoms with Gasteiger partial charge in [-0.25, -0.2) is 0 Å². The maximum atomic E-state index is 11.3. The number of hydrogen-bond acceptors (Lipinski definition) is 3. The molecule has 0 saturated heterocycles. The molecule has 0 radical (unpaired) electrons. The summed E-state index contributed by atoms with van der Waals surface area (Å²) in [6.07, 6.45) is 0. The molecule has 14 heavy (non-hydrogen) atoms. The minimum absolute atomic E-state index is 0.0365. The molecule has 0 saturated carbocycles. The quantitative estimate of drug-likeness (QED) is 0.738. The van der Waals surface area contributed by atoms with E-state index in [1.54, 1.807) is 12.1 Å². The van der Waals surface area contributed by atoms with Gasteiger partial charge in [0.15, 0.2) is 5.78 Å². The Labute approximate surface area is 83.9 Å². The Hall–Kier alpha value is -1.35. The van der Waals surface area contributed by atoms with Crippen LogP contribution < -0.4 is 10.5 Å². The SMILES string of the molecule is CCOc1ccc(C(=O)CN)c(C)c1. The highest BCUT2D eigenvalue weighted by atomic mass is 16.5. The lowest BCUT2D eigenvalue weighted by Crippen LogP contribution is -2.14. The van der Waals surface area contributed by atoms with Gasteiger partial charge in [-0.2, -0.15) is 0 Å². The monoisotopic (exact) mass is 193 g/mol. The van der Waals surface area contributed by atoms with Crippen LogP contribution in [0, 0.1) is 6.92 Å². The summed E-state index contributed by atoms with van der Waals surface area (Å²) in [6, 6.07) is 5.40. The molecule has 0 aliphatic carbocycles. The molecule has 1 aromatic carbocycles. The Bertz CT molecular complexity index is 334. The predicted molar refractivity (Wildman–Crippen MR) is 55.7 cm³/mol. The number of hydrogen-bond donors (Lipinski definition) is 1. The summed E-state index contributed by atoms with van der Waals surface area (Å²) in [5.74, 6) is 0.754. The van der Waals surface area contributed by atoms with Crippen LogP contribution >= 0.6 is 0 Å². The lowest BCUT2D eigenvalue weighted by Gasteiger charge is -2.07. The number of rotatable bonds is 4. The highest BCUT2D eigenvalue weighted by Crippen LogP contribution is 2.17. The summed E-state index contributed by atoms with van der Waals surface area (Å²) in [6.45, 7) is 4.48. The highest BCUT2D eigenvalue weighted by Gasteiger charge is 2.07. The van der Waals surface area contributed by atoms with E-state index in [0.717, 1.165) is 11.3 Å². The summed E-state index contributed by atoms with van der Waals surface area (Å²) in [7, 11) is 0. The Morgan fingerprint density at radius 1 is 1.50 bits per heavy atom. The summed E-state index contributed by atoms with van der Waals surface area (Å²) < 4.78 is 5.31. The number of carbonyl (C=O) groups excluding carboxylic acids is 1. The molecule has 3 nitrogen and oxygen atoms in total. The molecule has 1 rings (SSSR count). The van der Waals surface area contributed by atoms with Gasteiger partial charge in [-0.15, -0.1) is 0 Å². The van der Waals surface area contributed by atoms with Gasteiger partial charge in [0.05, 0.1) is 13.2 Å². The molecular weight excluding hydrogens is 178 g/mol. The van der Waals surface area contributed by atoms with E-state index >= 15 is 0 Å². The molecule has 2 N–H and O–H groups in total. The van der Waals surface area contributed by atoms with Gasteiger partial charge in [-0.3, -0.25) is 4.79 Å². The van der Waals surface area contributed by atoms with Crippen LogP contribution in [0.3, 0.4) is 0 Å². The van der Waals surface area contributed by atoms with Gasteiger partial charge >= 0.3 is 0 Å². The molecule has 0 atom stereocenters.